The first-order chi connectivity index (χ1) is 9.02. The molecule has 0 aliphatic carbocycles. The van der Waals surface area contributed by atoms with Crippen LogP contribution >= 0.6 is 0 Å². The Morgan fingerprint density at radius 2 is 2.11 bits per heavy atom. The zero-order valence-corrected chi connectivity index (χ0v) is 10.6. The molecule has 100 valence electrons. The van der Waals surface area contributed by atoms with Crippen LogP contribution in [0.4, 0.5) is 10.5 Å². The maximum Gasteiger partial charge on any atom is 0.513 e. The molecule has 0 fully saturated rings. The summed E-state index contributed by atoms with van der Waals surface area (Å²) in [6, 6.07) is 4.70. The Morgan fingerprint density at radius 1 is 1.37 bits per heavy atom. The molecule has 0 aromatic heterocycles. The highest BCUT2D eigenvalue weighted by atomic mass is 16.7. The molecule has 1 aromatic carbocycles. The van der Waals surface area contributed by atoms with Gasteiger partial charge in [0, 0.05) is 13.0 Å². The normalized spacial score (nSPS) is 13.2. The lowest BCUT2D eigenvalue weighted by atomic mass is 10.1. The van der Waals surface area contributed by atoms with Crippen LogP contribution in [0.1, 0.15) is 19.4 Å². The smallest absolute Gasteiger partial charge is 0.434 e. The van der Waals surface area contributed by atoms with Gasteiger partial charge in [-0.05, 0) is 18.6 Å². The van der Waals surface area contributed by atoms with E-state index in [-0.39, 0.29) is 30.6 Å². The lowest BCUT2D eigenvalue weighted by Gasteiger charge is -2.13. The third kappa shape index (κ3) is 2.57. The molecule has 0 unspecified atom stereocenters. The van der Waals surface area contributed by atoms with E-state index < -0.39 is 6.16 Å². The standard InChI is InChI=1S/C13H13NO5/c1-3-18-13(17)19-10-5-4-9-6-12(16)14(8(2)15)11(9)7-10/h4-5,7H,3,6H2,1-2H3. The van der Waals surface area contributed by atoms with E-state index in [1.54, 1.807) is 19.1 Å². The van der Waals surface area contributed by atoms with Crippen LogP contribution < -0.4 is 9.64 Å². The Labute approximate surface area is 109 Å². The number of ether oxygens (including phenoxy) is 2. The molecule has 19 heavy (non-hydrogen) atoms. The monoisotopic (exact) mass is 263 g/mol. The third-order valence-corrected chi connectivity index (χ3v) is 2.67. The molecule has 2 rings (SSSR count). The van der Waals surface area contributed by atoms with Gasteiger partial charge in [-0.3, -0.25) is 14.5 Å². The number of amides is 2. The summed E-state index contributed by atoms with van der Waals surface area (Å²) in [4.78, 5) is 35.4. The summed E-state index contributed by atoms with van der Waals surface area (Å²) in [5.41, 5.74) is 1.19. The number of benzene rings is 1. The minimum Gasteiger partial charge on any atom is -0.434 e. The van der Waals surface area contributed by atoms with Crippen LogP contribution in [0.5, 0.6) is 5.75 Å². The number of carbonyl (C=O) groups is 3. The minimum atomic E-state index is -0.818. The third-order valence-electron chi connectivity index (χ3n) is 2.67. The van der Waals surface area contributed by atoms with Gasteiger partial charge in [0.15, 0.2) is 0 Å². The molecule has 0 N–H and O–H groups in total. The number of fused-ring (bicyclic) bond motifs is 1. The average molecular weight is 263 g/mol. The highest BCUT2D eigenvalue weighted by molar-refractivity contribution is 6.18. The fourth-order valence-corrected chi connectivity index (χ4v) is 1.93. The Morgan fingerprint density at radius 3 is 2.74 bits per heavy atom. The first-order valence-electron chi connectivity index (χ1n) is 5.84. The van der Waals surface area contributed by atoms with Crippen molar-refractivity contribution in [3.05, 3.63) is 23.8 Å². The number of anilines is 1. The quantitative estimate of drug-likeness (QED) is 0.599. The van der Waals surface area contributed by atoms with Gasteiger partial charge >= 0.3 is 6.16 Å². The van der Waals surface area contributed by atoms with Gasteiger partial charge in [-0.1, -0.05) is 6.07 Å². The molecule has 0 saturated carbocycles. The van der Waals surface area contributed by atoms with Crippen molar-refractivity contribution in [2.45, 2.75) is 20.3 Å². The summed E-state index contributed by atoms with van der Waals surface area (Å²) in [5.74, 6) is -0.411. The predicted molar refractivity (Wildman–Crippen MR) is 66.0 cm³/mol. The minimum absolute atomic E-state index is 0.175. The fraction of sp³-hybridized carbons (Fsp3) is 0.308. The van der Waals surface area contributed by atoms with E-state index in [1.807, 2.05) is 0 Å². The van der Waals surface area contributed by atoms with E-state index in [1.165, 1.54) is 13.0 Å². The Bertz CT molecular complexity index is 552. The average Bonchev–Trinajstić information content (AvgIpc) is 2.64. The summed E-state index contributed by atoms with van der Waals surface area (Å²) in [5, 5.41) is 0. The summed E-state index contributed by atoms with van der Waals surface area (Å²) in [6.45, 7) is 3.19. The second-order valence-corrected chi connectivity index (χ2v) is 4.00. The number of hydrogen-bond acceptors (Lipinski definition) is 5. The Balaban J connectivity index is 2.26. The van der Waals surface area contributed by atoms with Crippen molar-refractivity contribution in [2.24, 2.45) is 0 Å². The molecule has 1 aliphatic heterocycles. The van der Waals surface area contributed by atoms with Crippen LogP contribution in [0, 0.1) is 0 Å². The maximum absolute atomic E-state index is 11.7. The van der Waals surface area contributed by atoms with Crippen molar-refractivity contribution in [3.63, 3.8) is 0 Å². The molecule has 0 atom stereocenters. The van der Waals surface area contributed by atoms with Gasteiger partial charge < -0.3 is 9.47 Å². The first kappa shape index (κ1) is 13.1. The van der Waals surface area contributed by atoms with Crippen molar-refractivity contribution < 1.29 is 23.9 Å². The zero-order valence-electron chi connectivity index (χ0n) is 10.6. The summed E-state index contributed by atoms with van der Waals surface area (Å²) in [6.07, 6.45) is -0.643. The van der Waals surface area contributed by atoms with Crippen LogP contribution in [0.2, 0.25) is 0 Å². The van der Waals surface area contributed by atoms with Crippen molar-refractivity contribution in [3.8, 4) is 5.75 Å². The van der Waals surface area contributed by atoms with Crippen molar-refractivity contribution in [1.82, 2.24) is 0 Å². The summed E-state index contributed by atoms with van der Waals surface area (Å²) in [7, 11) is 0. The first-order valence-corrected chi connectivity index (χ1v) is 5.84. The van der Waals surface area contributed by atoms with E-state index >= 15 is 0 Å². The molecule has 1 heterocycles. The predicted octanol–water partition coefficient (Wildman–Crippen LogP) is 1.66. The van der Waals surface area contributed by atoms with Gasteiger partial charge in [0.1, 0.15) is 5.75 Å². The Kier molecular flexibility index (Phi) is 3.50. The molecule has 6 nitrogen and oxygen atoms in total. The fourth-order valence-electron chi connectivity index (χ4n) is 1.93. The Hall–Kier alpha value is -2.37. The highest BCUT2D eigenvalue weighted by Gasteiger charge is 2.30. The van der Waals surface area contributed by atoms with E-state index in [2.05, 4.69) is 4.74 Å². The molecule has 0 saturated heterocycles. The van der Waals surface area contributed by atoms with Crippen molar-refractivity contribution >= 4 is 23.7 Å². The molecule has 0 spiro atoms. The molecule has 1 aliphatic rings. The molecule has 0 radical (unpaired) electrons. The van der Waals surface area contributed by atoms with Crippen molar-refractivity contribution in [1.29, 1.82) is 0 Å². The number of rotatable bonds is 2. The molecule has 2 amide bonds. The van der Waals surface area contributed by atoms with E-state index in [0.717, 1.165) is 10.5 Å². The number of imide groups is 1. The van der Waals surface area contributed by atoms with Gasteiger partial charge in [0.2, 0.25) is 11.8 Å². The van der Waals surface area contributed by atoms with Crippen LogP contribution in [-0.2, 0) is 20.7 Å². The second kappa shape index (κ2) is 5.09. The topological polar surface area (TPSA) is 72.9 Å². The van der Waals surface area contributed by atoms with E-state index in [9.17, 15) is 14.4 Å². The van der Waals surface area contributed by atoms with Gasteiger partial charge in [-0.15, -0.1) is 0 Å². The second-order valence-electron chi connectivity index (χ2n) is 4.00. The zero-order chi connectivity index (χ0) is 14.0. The van der Waals surface area contributed by atoms with E-state index in [4.69, 9.17) is 4.74 Å². The molecule has 1 aromatic rings. The van der Waals surface area contributed by atoms with Crippen LogP contribution in [0.3, 0.4) is 0 Å². The van der Waals surface area contributed by atoms with Gasteiger partial charge in [0.05, 0.1) is 18.7 Å². The molecule has 6 heteroatoms. The van der Waals surface area contributed by atoms with Crippen LogP contribution in [-0.4, -0.2) is 24.6 Å². The van der Waals surface area contributed by atoms with E-state index in [0.29, 0.717) is 5.69 Å². The molecular weight excluding hydrogens is 250 g/mol. The summed E-state index contributed by atoms with van der Waals surface area (Å²) >= 11 is 0. The lowest BCUT2D eigenvalue weighted by molar-refractivity contribution is -0.124. The summed E-state index contributed by atoms with van der Waals surface area (Å²) < 4.78 is 9.58. The largest absolute Gasteiger partial charge is 0.513 e. The molecule has 0 bridgehead atoms. The number of hydrogen-bond donors (Lipinski definition) is 0. The van der Waals surface area contributed by atoms with Crippen molar-refractivity contribution in [2.75, 3.05) is 11.5 Å². The van der Waals surface area contributed by atoms with Gasteiger partial charge in [-0.25, -0.2) is 4.79 Å². The number of nitrogens with zero attached hydrogens (tertiary/aromatic N) is 1. The number of carbonyl (C=O) groups excluding carboxylic acids is 3. The lowest BCUT2D eigenvalue weighted by Crippen LogP contribution is -2.31. The van der Waals surface area contributed by atoms with Gasteiger partial charge in [0.25, 0.3) is 0 Å². The highest BCUT2D eigenvalue weighted by Crippen LogP contribution is 2.32. The molecular formula is C13H13NO5. The van der Waals surface area contributed by atoms with Crippen LogP contribution in [0.15, 0.2) is 18.2 Å². The maximum atomic E-state index is 11.7. The SMILES string of the molecule is CCOC(=O)Oc1ccc2c(c1)N(C(C)=O)C(=O)C2. The van der Waals surface area contributed by atoms with Gasteiger partial charge in [-0.2, -0.15) is 0 Å². The van der Waals surface area contributed by atoms with Crippen LogP contribution in [0.25, 0.3) is 0 Å².